The lowest BCUT2D eigenvalue weighted by atomic mass is 10.3. The summed E-state index contributed by atoms with van der Waals surface area (Å²) in [5.74, 6) is 0.789. The van der Waals surface area contributed by atoms with E-state index in [0.717, 1.165) is 12.2 Å². The van der Waals surface area contributed by atoms with Crippen LogP contribution in [0.25, 0.3) is 0 Å². The van der Waals surface area contributed by atoms with Crippen molar-refractivity contribution in [1.82, 2.24) is 9.97 Å². The van der Waals surface area contributed by atoms with E-state index in [1.165, 1.54) is 6.20 Å². The van der Waals surface area contributed by atoms with Crippen molar-refractivity contribution in [3.63, 3.8) is 0 Å². The molecule has 1 aromatic heterocycles. The molecule has 1 amide bonds. The number of primary amides is 1. The molecule has 0 unspecified atom stereocenters. The number of nitrogens with two attached hydrogens (primary N) is 1. The quantitative estimate of drug-likeness (QED) is 0.745. The molecule has 0 aliphatic carbocycles. The fourth-order valence-corrected chi connectivity index (χ4v) is 1.57. The molecule has 0 radical (unpaired) electrons. The Balaban J connectivity index is 1.71. The Morgan fingerprint density at radius 1 is 1.25 bits per heavy atom. The van der Waals surface area contributed by atoms with Crippen molar-refractivity contribution in [2.24, 2.45) is 5.73 Å². The van der Waals surface area contributed by atoms with E-state index in [9.17, 15) is 4.79 Å². The van der Waals surface area contributed by atoms with Gasteiger partial charge in [0, 0.05) is 6.54 Å². The third-order valence-corrected chi connectivity index (χ3v) is 2.53. The molecule has 0 fully saturated rings. The number of carbonyl (C=O) groups excluding carboxylic acids is 1. The Labute approximate surface area is 117 Å². The van der Waals surface area contributed by atoms with Crippen molar-refractivity contribution >= 4 is 11.7 Å². The number of anilines is 1. The lowest BCUT2D eigenvalue weighted by molar-refractivity contribution is 0.0995. The van der Waals surface area contributed by atoms with E-state index in [2.05, 4.69) is 15.3 Å². The first-order valence-corrected chi connectivity index (χ1v) is 6.29. The second-order valence-electron chi connectivity index (χ2n) is 4.10. The molecule has 0 aliphatic heterocycles. The maximum Gasteiger partial charge on any atom is 0.268 e. The summed E-state index contributed by atoms with van der Waals surface area (Å²) in [4.78, 5) is 18.9. The molecule has 0 bridgehead atoms. The zero-order valence-corrected chi connectivity index (χ0v) is 11.0. The molecule has 3 N–H and O–H groups in total. The molecule has 1 aromatic carbocycles. The van der Waals surface area contributed by atoms with E-state index in [1.54, 1.807) is 6.20 Å². The van der Waals surface area contributed by atoms with Gasteiger partial charge in [0.15, 0.2) is 0 Å². The second-order valence-corrected chi connectivity index (χ2v) is 4.10. The van der Waals surface area contributed by atoms with Crippen LogP contribution in [-0.2, 0) is 0 Å². The zero-order chi connectivity index (χ0) is 14.2. The molecule has 1 heterocycles. The first-order valence-electron chi connectivity index (χ1n) is 6.29. The van der Waals surface area contributed by atoms with Crippen LogP contribution in [0.3, 0.4) is 0 Å². The second kappa shape index (κ2) is 7.08. The molecule has 2 rings (SSSR count). The highest BCUT2D eigenvalue weighted by atomic mass is 16.5. The molecule has 0 saturated heterocycles. The normalized spacial score (nSPS) is 10.0. The molecular weight excluding hydrogens is 256 g/mol. The molecule has 0 saturated carbocycles. The Hall–Kier alpha value is -2.63. The van der Waals surface area contributed by atoms with Crippen LogP contribution in [0, 0.1) is 0 Å². The minimum Gasteiger partial charge on any atom is -0.494 e. The average molecular weight is 272 g/mol. The molecule has 0 aliphatic rings. The number of rotatable bonds is 7. The number of para-hydroxylation sites is 1. The third kappa shape index (κ3) is 4.24. The summed E-state index contributed by atoms with van der Waals surface area (Å²) < 4.78 is 5.56. The van der Waals surface area contributed by atoms with Crippen LogP contribution >= 0.6 is 0 Å². The highest BCUT2D eigenvalue weighted by Gasteiger charge is 2.03. The SMILES string of the molecule is NC(=O)c1cncc(NCCCOc2ccccc2)n1. The van der Waals surface area contributed by atoms with Crippen LogP contribution in [0.4, 0.5) is 5.82 Å². The number of carbonyl (C=O) groups is 1. The smallest absolute Gasteiger partial charge is 0.268 e. The predicted molar refractivity (Wildman–Crippen MR) is 75.6 cm³/mol. The lowest BCUT2D eigenvalue weighted by Crippen LogP contribution is -2.15. The van der Waals surface area contributed by atoms with Gasteiger partial charge in [0.25, 0.3) is 5.91 Å². The van der Waals surface area contributed by atoms with E-state index < -0.39 is 5.91 Å². The van der Waals surface area contributed by atoms with E-state index in [4.69, 9.17) is 10.5 Å². The van der Waals surface area contributed by atoms with Gasteiger partial charge in [-0.15, -0.1) is 0 Å². The summed E-state index contributed by atoms with van der Waals surface area (Å²) in [6, 6.07) is 9.63. The van der Waals surface area contributed by atoms with Gasteiger partial charge in [0.1, 0.15) is 17.3 Å². The van der Waals surface area contributed by atoms with Crippen molar-refractivity contribution in [3.8, 4) is 5.75 Å². The minimum atomic E-state index is -0.589. The van der Waals surface area contributed by atoms with Gasteiger partial charge in [-0.05, 0) is 18.6 Å². The molecule has 2 aromatic rings. The van der Waals surface area contributed by atoms with Crippen LogP contribution in [0.2, 0.25) is 0 Å². The summed E-state index contributed by atoms with van der Waals surface area (Å²) in [5, 5.41) is 3.06. The standard InChI is InChI=1S/C14H16N4O2/c15-14(19)12-9-16-10-13(18-12)17-7-4-8-20-11-5-2-1-3-6-11/h1-3,5-6,9-10H,4,7-8H2,(H2,15,19)(H,17,18). The fourth-order valence-electron chi connectivity index (χ4n) is 1.57. The van der Waals surface area contributed by atoms with E-state index in [0.29, 0.717) is 19.0 Å². The van der Waals surface area contributed by atoms with Crippen LogP contribution in [0.15, 0.2) is 42.7 Å². The summed E-state index contributed by atoms with van der Waals surface area (Å²) >= 11 is 0. The fraction of sp³-hybridized carbons (Fsp3) is 0.214. The van der Waals surface area contributed by atoms with Crippen molar-refractivity contribution in [2.45, 2.75) is 6.42 Å². The van der Waals surface area contributed by atoms with Crippen molar-refractivity contribution in [3.05, 3.63) is 48.4 Å². The highest BCUT2D eigenvalue weighted by Crippen LogP contribution is 2.08. The number of ether oxygens (including phenoxy) is 1. The number of nitrogens with zero attached hydrogens (tertiary/aromatic N) is 2. The Morgan fingerprint density at radius 3 is 2.80 bits per heavy atom. The predicted octanol–water partition coefficient (Wildman–Crippen LogP) is 1.46. The van der Waals surface area contributed by atoms with Crippen molar-refractivity contribution < 1.29 is 9.53 Å². The van der Waals surface area contributed by atoms with Crippen LogP contribution in [0.5, 0.6) is 5.75 Å². The van der Waals surface area contributed by atoms with Crippen molar-refractivity contribution in [1.29, 1.82) is 0 Å². The first kappa shape index (κ1) is 13.8. The number of hydrogen-bond acceptors (Lipinski definition) is 5. The maximum absolute atomic E-state index is 11.0. The van der Waals surface area contributed by atoms with Gasteiger partial charge in [0.05, 0.1) is 19.0 Å². The van der Waals surface area contributed by atoms with Gasteiger partial charge in [-0.25, -0.2) is 4.98 Å². The number of hydrogen-bond donors (Lipinski definition) is 2. The molecular formula is C14H16N4O2. The van der Waals surface area contributed by atoms with Gasteiger partial charge in [0.2, 0.25) is 0 Å². The minimum absolute atomic E-state index is 0.149. The lowest BCUT2D eigenvalue weighted by Gasteiger charge is -2.07. The van der Waals surface area contributed by atoms with Crippen LogP contribution < -0.4 is 15.8 Å². The number of benzene rings is 1. The molecule has 0 atom stereocenters. The van der Waals surface area contributed by atoms with Crippen LogP contribution in [-0.4, -0.2) is 29.0 Å². The van der Waals surface area contributed by atoms with E-state index >= 15 is 0 Å². The number of amides is 1. The molecule has 6 nitrogen and oxygen atoms in total. The topological polar surface area (TPSA) is 90.1 Å². The number of aromatic nitrogens is 2. The van der Waals surface area contributed by atoms with Gasteiger partial charge < -0.3 is 15.8 Å². The summed E-state index contributed by atoms with van der Waals surface area (Å²) in [6.07, 6.45) is 3.69. The van der Waals surface area contributed by atoms with Gasteiger partial charge in [-0.2, -0.15) is 0 Å². The van der Waals surface area contributed by atoms with Gasteiger partial charge >= 0.3 is 0 Å². The highest BCUT2D eigenvalue weighted by molar-refractivity contribution is 5.90. The number of nitrogens with one attached hydrogen (secondary N) is 1. The van der Waals surface area contributed by atoms with Gasteiger partial charge in [-0.1, -0.05) is 18.2 Å². The van der Waals surface area contributed by atoms with E-state index in [1.807, 2.05) is 30.3 Å². The summed E-state index contributed by atoms with van der Waals surface area (Å²) in [5.41, 5.74) is 5.28. The Bertz CT molecular complexity index is 560. The zero-order valence-electron chi connectivity index (χ0n) is 11.0. The summed E-state index contributed by atoms with van der Waals surface area (Å²) in [7, 11) is 0. The van der Waals surface area contributed by atoms with Crippen LogP contribution in [0.1, 0.15) is 16.9 Å². The molecule has 0 spiro atoms. The van der Waals surface area contributed by atoms with Gasteiger partial charge in [-0.3, -0.25) is 9.78 Å². The Morgan fingerprint density at radius 2 is 2.05 bits per heavy atom. The molecule has 6 heteroatoms. The average Bonchev–Trinajstić information content (AvgIpc) is 2.48. The first-order chi connectivity index (χ1) is 9.75. The largest absolute Gasteiger partial charge is 0.494 e. The summed E-state index contributed by atoms with van der Waals surface area (Å²) in [6.45, 7) is 1.27. The molecule has 20 heavy (non-hydrogen) atoms. The monoisotopic (exact) mass is 272 g/mol. The third-order valence-electron chi connectivity index (χ3n) is 2.53. The van der Waals surface area contributed by atoms with Crippen molar-refractivity contribution in [2.75, 3.05) is 18.5 Å². The molecule has 104 valence electrons. The Kier molecular flexibility index (Phi) is 4.88. The van der Waals surface area contributed by atoms with E-state index in [-0.39, 0.29) is 5.69 Å². The maximum atomic E-state index is 11.0.